The van der Waals surface area contributed by atoms with Crippen molar-refractivity contribution in [2.45, 2.75) is 26.9 Å². The van der Waals surface area contributed by atoms with E-state index in [0.29, 0.717) is 34.5 Å². The van der Waals surface area contributed by atoms with Gasteiger partial charge in [-0.15, -0.1) is 0 Å². The first kappa shape index (κ1) is 25.5. The quantitative estimate of drug-likeness (QED) is 0.241. The lowest BCUT2D eigenvalue weighted by Gasteiger charge is -2.09. The molecule has 3 amide bonds. The number of anilines is 2. The van der Waals surface area contributed by atoms with E-state index in [1.807, 2.05) is 37.3 Å². The average Bonchev–Trinajstić information content (AvgIpc) is 2.85. The number of halogens is 1. The van der Waals surface area contributed by atoms with Crippen molar-refractivity contribution in [3.63, 3.8) is 0 Å². The number of carbonyl (C=O) groups excluding carboxylic acids is 3. The van der Waals surface area contributed by atoms with Crippen molar-refractivity contribution < 1.29 is 19.1 Å². The van der Waals surface area contributed by atoms with Crippen molar-refractivity contribution in [3.8, 4) is 5.75 Å². The third-order valence-electron chi connectivity index (χ3n) is 4.79. The molecule has 0 aliphatic heterocycles. The lowest BCUT2D eigenvalue weighted by molar-refractivity contribution is -0.136. The van der Waals surface area contributed by atoms with Crippen LogP contribution < -0.4 is 20.8 Å². The van der Waals surface area contributed by atoms with Crippen LogP contribution in [-0.2, 0) is 21.0 Å². The Balaban J connectivity index is 1.43. The van der Waals surface area contributed by atoms with Gasteiger partial charge >= 0.3 is 11.8 Å². The van der Waals surface area contributed by atoms with E-state index in [-0.39, 0.29) is 12.3 Å². The molecule has 9 heteroatoms. The Hall–Kier alpha value is -4.17. The van der Waals surface area contributed by atoms with Crippen molar-refractivity contribution in [1.82, 2.24) is 5.43 Å². The molecule has 0 aliphatic carbocycles. The number of rotatable bonds is 8. The Morgan fingerprint density at radius 2 is 1.57 bits per heavy atom. The highest BCUT2D eigenvalue weighted by molar-refractivity contribution is 6.40. The minimum atomic E-state index is -0.965. The van der Waals surface area contributed by atoms with Crippen LogP contribution in [0.2, 0.25) is 5.02 Å². The standard InChI is InChI=1S/C26H25ClN4O4/c1-17-8-9-21(15-23(17)27)29-25(33)26(34)31-30-18(2)14-24(32)28-20-10-12-22(13-11-20)35-16-19-6-4-3-5-7-19/h3-13,15H,14,16H2,1-2H3,(H,28,32)(H,29,33)(H,31,34)/b30-18-. The fourth-order valence-corrected chi connectivity index (χ4v) is 3.09. The molecule has 3 aromatic carbocycles. The van der Waals surface area contributed by atoms with Gasteiger partial charge in [-0.2, -0.15) is 5.10 Å². The fraction of sp³-hybridized carbons (Fsp3) is 0.154. The summed E-state index contributed by atoms with van der Waals surface area (Å²) in [6.07, 6.45) is -0.0677. The second kappa shape index (κ2) is 12.3. The van der Waals surface area contributed by atoms with Crippen LogP contribution in [0.3, 0.4) is 0 Å². The lowest BCUT2D eigenvalue weighted by Crippen LogP contribution is -2.33. The third kappa shape index (κ3) is 8.28. The molecule has 180 valence electrons. The van der Waals surface area contributed by atoms with Crippen LogP contribution in [0.4, 0.5) is 11.4 Å². The molecule has 0 heterocycles. The Morgan fingerprint density at radius 3 is 2.26 bits per heavy atom. The number of aryl methyl sites for hydroxylation is 1. The number of nitrogens with zero attached hydrogens (tertiary/aromatic N) is 1. The summed E-state index contributed by atoms with van der Waals surface area (Å²) in [6.45, 7) is 3.84. The summed E-state index contributed by atoms with van der Waals surface area (Å²) < 4.78 is 5.73. The van der Waals surface area contributed by atoms with E-state index >= 15 is 0 Å². The molecule has 3 aromatic rings. The lowest BCUT2D eigenvalue weighted by atomic mass is 10.2. The summed E-state index contributed by atoms with van der Waals surface area (Å²) in [5.41, 5.74) is 5.35. The normalized spacial score (nSPS) is 10.9. The van der Waals surface area contributed by atoms with Gasteiger partial charge in [-0.05, 0) is 61.4 Å². The first-order chi connectivity index (χ1) is 16.8. The fourth-order valence-electron chi connectivity index (χ4n) is 2.91. The van der Waals surface area contributed by atoms with Crippen LogP contribution in [-0.4, -0.2) is 23.4 Å². The van der Waals surface area contributed by atoms with Crippen molar-refractivity contribution in [2.24, 2.45) is 5.10 Å². The molecule has 3 N–H and O–H groups in total. The molecular formula is C26H25ClN4O4. The van der Waals surface area contributed by atoms with Gasteiger partial charge in [-0.3, -0.25) is 14.4 Å². The van der Waals surface area contributed by atoms with Crippen molar-refractivity contribution in [2.75, 3.05) is 10.6 Å². The summed E-state index contributed by atoms with van der Waals surface area (Å²) in [7, 11) is 0. The van der Waals surface area contributed by atoms with E-state index in [2.05, 4.69) is 21.2 Å². The number of amides is 3. The SMILES string of the molecule is C/C(CC(=O)Nc1ccc(OCc2ccccc2)cc1)=N/NC(=O)C(=O)Nc1ccc(C)c(Cl)c1. The number of benzene rings is 3. The number of ether oxygens (including phenoxy) is 1. The number of nitrogens with one attached hydrogen (secondary N) is 3. The molecule has 0 bridgehead atoms. The van der Waals surface area contributed by atoms with Gasteiger partial charge in [0.25, 0.3) is 0 Å². The first-order valence-electron chi connectivity index (χ1n) is 10.8. The second-order valence-corrected chi connectivity index (χ2v) is 8.14. The highest BCUT2D eigenvalue weighted by Gasteiger charge is 2.14. The summed E-state index contributed by atoms with van der Waals surface area (Å²) in [5, 5.41) is 9.47. The highest BCUT2D eigenvalue weighted by Crippen LogP contribution is 2.20. The van der Waals surface area contributed by atoms with E-state index < -0.39 is 11.8 Å². The number of hydrogen-bond donors (Lipinski definition) is 3. The Bertz CT molecular complexity index is 1230. The Kier molecular flexibility index (Phi) is 8.97. The average molecular weight is 493 g/mol. The zero-order valence-corrected chi connectivity index (χ0v) is 20.1. The van der Waals surface area contributed by atoms with Crippen LogP contribution in [0.25, 0.3) is 0 Å². The van der Waals surface area contributed by atoms with Gasteiger partial charge in [0.05, 0.1) is 6.42 Å². The van der Waals surface area contributed by atoms with Gasteiger partial charge in [-0.1, -0.05) is 48.0 Å². The summed E-state index contributed by atoms with van der Waals surface area (Å²) in [6, 6.07) is 21.7. The minimum Gasteiger partial charge on any atom is -0.489 e. The Labute approximate surface area is 208 Å². The molecule has 0 aliphatic rings. The van der Waals surface area contributed by atoms with Crippen LogP contribution in [0, 0.1) is 6.92 Å². The van der Waals surface area contributed by atoms with E-state index in [4.69, 9.17) is 16.3 Å². The maximum atomic E-state index is 12.3. The maximum Gasteiger partial charge on any atom is 0.329 e. The first-order valence-corrected chi connectivity index (χ1v) is 11.2. The Morgan fingerprint density at radius 1 is 0.886 bits per heavy atom. The molecule has 0 unspecified atom stereocenters. The van der Waals surface area contributed by atoms with Gasteiger partial charge in [0, 0.05) is 22.1 Å². The van der Waals surface area contributed by atoms with Crippen LogP contribution in [0.1, 0.15) is 24.5 Å². The van der Waals surface area contributed by atoms with E-state index in [9.17, 15) is 14.4 Å². The van der Waals surface area contributed by atoms with Gasteiger partial charge in [0.1, 0.15) is 12.4 Å². The molecule has 0 fully saturated rings. The van der Waals surface area contributed by atoms with Gasteiger partial charge in [0.2, 0.25) is 5.91 Å². The zero-order valence-electron chi connectivity index (χ0n) is 19.3. The molecule has 3 rings (SSSR count). The molecule has 0 atom stereocenters. The highest BCUT2D eigenvalue weighted by atomic mass is 35.5. The smallest absolute Gasteiger partial charge is 0.329 e. The van der Waals surface area contributed by atoms with Gasteiger partial charge in [0.15, 0.2) is 0 Å². The van der Waals surface area contributed by atoms with E-state index in [0.717, 1.165) is 11.1 Å². The predicted molar refractivity (Wildman–Crippen MR) is 137 cm³/mol. The monoisotopic (exact) mass is 492 g/mol. The van der Waals surface area contributed by atoms with Gasteiger partial charge in [-0.25, -0.2) is 5.43 Å². The zero-order chi connectivity index (χ0) is 25.2. The minimum absolute atomic E-state index is 0.0677. The largest absolute Gasteiger partial charge is 0.489 e. The van der Waals surface area contributed by atoms with Crippen molar-refractivity contribution in [3.05, 3.63) is 88.9 Å². The van der Waals surface area contributed by atoms with Gasteiger partial charge < -0.3 is 15.4 Å². The molecule has 0 spiro atoms. The number of carbonyl (C=O) groups is 3. The van der Waals surface area contributed by atoms with Crippen LogP contribution in [0.5, 0.6) is 5.75 Å². The van der Waals surface area contributed by atoms with Crippen LogP contribution in [0.15, 0.2) is 77.9 Å². The summed E-state index contributed by atoms with van der Waals surface area (Å²) in [4.78, 5) is 36.3. The summed E-state index contributed by atoms with van der Waals surface area (Å²) >= 11 is 6.01. The second-order valence-electron chi connectivity index (χ2n) is 7.73. The maximum absolute atomic E-state index is 12.3. The molecule has 0 radical (unpaired) electrons. The number of hydrazone groups is 1. The number of hydrogen-bond acceptors (Lipinski definition) is 5. The topological polar surface area (TPSA) is 109 Å². The predicted octanol–water partition coefficient (Wildman–Crippen LogP) is 4.69. The molecular weight excluding hydrogens is 468 g/mol. The van der Waals surface area contributed by atoms with Crippen LogP contribution >= 0.6 is 11.6 Å². The van der Waals surface area contributed by atoms with E-state index in [1.165, 1.54) is 0 Å². The van der Waals surface area contributed by atoms with E-state index in [1.54, 1.807) is 49.4 Å². The van der Waals surface area contributed by atoms with Crippen molar-refractivity contribution >= 4 is 46.4 Å². The molecule has 35 heavy (non-hydrogen) atoms. The molecule has 0 saturated heterocycles. The summed E-state index contributed by atoms with van der Waals surface area (Å²) in [5.74, 6) is -1.51. The van der Waals surface area contributed by atoms with Crippen molar-refractivity contribution in [1.29, 1.82) is 0 Å². The molecule has 0 aromatic heterocycles. The third-order valence-corrected chi connectivity index (χ3v) is 5.19. The molecule has 0 saturated carbocycles. The molecule has 8 nitrogen and oxygen atoms in total.